The summed E-state index contributed by atoms with van der Waals surface area (Å²) in [6.07, 6.45) is 5.40. The van der Waals surface area contributed by atoms with Crippen LogP contribution in [0.1, 0.15) is 39.9 Å². The van der Waals surface area contributed by atoms with E-state index in [-0.39, 0.29) is 17.9 Å². The number of hydrogen-bond acceptors (Lipinski definition) is 5. The van der Waals surface area contributed by atoms with Gasteiger partial charge in [-0.1, -0.05) is 24.3 Å². The Morgan fingerprint density at radius 2 is 2.00 bits per heavy atom. The highest BCUT2D eigenvalue weighted by atomic mass is 16.5. The molecule has 0 fully saturated rings. The largest absolute Gasteiger partial charge is 0.465 e. The number of rotatable bonds is 4. The molecule has 2 aliphatic rings. The minimum atomic E-state index is -0.332. The zero-order valence-electron chi connectivity index (χ0n) is 14.3. The average molecular weight is 349 g/mol. The van der Waals surface area contributed by atoms with Crippen molar-refractivity contribution in [1.82, 2.24) is 0 Å². The van der Waals surface area contributed by atoms with Crippen molar-refractivity contribution in [3.63, 3.8) is 0 Å². The van der Waals surface area contributed by atoms with E-state index in [9.17, 15) is 9.59 Å². The first kappa shape index (κ1) is 16.4. The van der Waals surface area contributed by atoms with Gasteiger partial charge in [-0.2, -0.15) is 0 Å². The summed E-state index contributed by atoms with van der Waals surface area (Å²) in [7, 11) is 1.38. The van der Waals surface area contributed by atoms with E-state index in [2.05, 4.69) is 17.5 Å². The van der Waals surface area contributed by atoms with Crippen LogP contribution in [0, 0.1) is 5.92 Å². The molecule has 0 spiro atoms. The average Bonchev–Trinajstić information content (AvgIpc) is 3.17. The lowest BCUT2D eigenvalue weighted by molar-refractivity contribution is -0.120. The van der Waals surface area contributed by atoms with Crippen LogP contribution >= 0.6 is 0 Å². The van der Waals surface area contributed by atoms with Gasteiger partial charge in [0.2, 0.25) is 0 Å². The number of methoxy groups -OCH3 is 1. The van der Waals surface area contributed by atoms with Crippen LogP contribution < -0.4 is 10.1 Å². The highest BCUT2D eigenvalue weighted by Gasteiger charge is 2.38. The Morgan fingerprint density at radius 3 is 2.73 bits per heavy atom. The highest BCUT2D eigenvalue weighted by molar-refractivity contribution is 5.89. The van der Waals surface area contributed by atoms with Gasteiger partial charge in [-0.05, 0) is 53.8 Å². The van der Waals surface area contributed by atoms with Crippen LogP contribution in [0.4, 0.5) is 5.69 Å². The van der Waals surface area contributed by atoms with Crippen molar-refractivity contribution in [3.8, 4) is 5.75 Å². The molecule has 2 aromatic rings. The van der Waals surface area contributed by atoms with Crippen molar-refractivity contribution in [3.05, 3.63) is 71.3 Å². The number of fused-ring (bicyclic) bond motifs is 3. The number of hydrogen-bond donors (Lipinski definition) is 1. The third-order valence-electron chi connectivity index (χ3n) is 5.21. The Hall–Kier alpha value is -3.08. The normalized spacial score (nSPS) is 22.7. The summed E-state index contributed by atoms with van der Waals surface area (Å²) < 4.78 is 9.77. The molecule has 1 heterocycles. The van der Waals surface area contributed by atoms with Gasteiger partial charge < -0.3 is 14.8 Å². The van der Waals surface area contributed by atoms with E-state index in [1.165, 1.54) is 7.11 Å². The lowest BCUT2D eigenvalue weighted by Gasteiger charge is -2.37. The van der Waals surface area contributed by atoms with Crippen LogP contribution in [0.2, 0.25) is 0 Å². The number of ether oxygens (including phenoxy) is 2. The molecule has 1 aliphatic heterocycles. The second kappa shape index (κ2) is 6.67. The molecule has 0 amide bonds. The molecule has 1 N–H and O–H groups in total. The molecule has 0 saturated carbocycles. The smallest absolute Gasteiger partial charge is 0.337 e. The van der Waals surface area contributed by atoms with E-state index in [4.69, 9.17) is 9.47 Å². The number of benzene rings is 2. The summed E-state index contributed by atoms with van der Waals surface area (Å²) in [6, 6.07) is 13.4. The molecule has 2 aromatic carbocycles. The number of anilines is 1. The Kier molecular flexibility index (Phi) is 4.21. The second-order valence-corrected chi connectivity index (χ2v) is 6.55. The zero-order valence-corrected chi connectivity index (χ0v) is 14.3. The monoisotopic (exact) mass is 349 g/mol. The topological polar surface area (TPSA) is 64.6 Å². The third-order valence-corrected chi connectivity index (χ3v) is 5.21. The first-order valence-corrected chi connectivity index (χ1v) is 8.57. The van der Waals surface area contributed by atoms with Crippen LogP contribution in [0.25, 0.3) is 0 Å². The predicted molar refractivity (Wildman–Crippen MR) is 97.3 cm³/mol. The van der Waals surface area contributed by atoms with Crippen molar-refractivity contribution in [2.45, 2.75) is 18.4 Å². The Morgan fingerprint density at radius 1 is 1.19 bits per heavy atom. The van der Waals surface area contributed by atoms with E-state index in [0.29, 0.717) is 23.7 Å². The fraction of sp³-hybridized carbons (Fsp3) is 0.238. The fourth-order valence-electron chi connectivity index (χ4n) is 3.98. The molecular formula is C21H19NO4. The molecule has 132 valence electrons. The van der Waals surface area contributed by atoms with Gasteiger partial charge in [0.15, 0.2) is 0 Å². The maximum Gasteiger partial charge on any atom is 0.337 e. The van der Waals surface area contributed by atoms with Gasteiger partial charge in [-0.3, -0.25) is 4.79 Å². The molecule has 26 heavy (non-hydrogen) atoms. The van der Waals surface area contributed by atoms with Gasteiger partial charge in [-0.25, -0.2) is 4.79 Å². The number of esters is 1. The van der Waals surface area contributed by atoms with Gasteiger partial charge in [-0.15, -0.1) is 0 Å². The number of nitrogens with one attached hydrogen (secondary N) is 1. The SMILES string of the molecule is COC(=O)c1ccc([C@H]2Nc3ccc(OC=O)cc3[C@@H]3C=CC[C@H]23)cc1. The quantitative estimate of drug-likeness (QED) is 0.516. The fourth-order valence-corrected chi connectivity index (χ4v) is 3.98. The van der Waals surface area contributed by atoms with Crippen LogP contribution in [-0.4, -0.2) is 19.6 Å². The Bertz CT molecular complexity index is 872. The standard InChI is InChI=1S/C21H19NO4/c1-25-21(24)14-7-5-13(6-8-14)20-17-4-2-3-16(17)18-11-15(26-12-23)9-10-19(18)22-20/h2-3,5-12,16-17,20,22H,4H2,1H3/t16-,17+,20-/m1/s1. The van der Waals surface area contributed by atoms with E-state index < -0.39 is 0 Å². The Labute approximate surface area is 151 Å². The van der Waals surface area contributed by atoms with E-state index in [1.807, 2.05) is 24.3 Å². The summed E-state index contributed by atoms with van der Waals surface area (Å²) in [5.74, 6) is 0.867. The minimum absolute atomic E-state index is 0.145. The molecule has 1 aliphatic carbocycles. The molecule has 0 bridgehead atoms. The minimum Gasteiger partial charge on any atom is -0.465 e. The molecule has 0 saturated heterocycles. The van der Waals surface area contributed by atoms with Crippen molar-refractivity contribution in [1.29, 1.82) is 0 Å². The van der Waals surface area contributed by atoms with Crippen molar-refractivity contribution in [2.75, 3.05) is 12.4 Å². The molecule has 0 aromatic heterocycles. The maximum absolute atomic E-state index is 11.6. The van der Waals surface area contributed by atoms with Crippen LogP contribution in [0.15, 0.2) is 54.6 Å². The van der Waals surface area contributed by atoms with E-state index in [1.54, 1.807) is 18.2 Å². The van der Waals surface area contributed by atoms with E-state index in [0.717, 1.165) is 23.2 Å². The van der Waals surface area contributed by atoms with Crippen molar-refractivity contribution < 1.29 is 19.1 Å². The first-order chi connectivity index (χ1) is 12.7. The molecule has 4 rings (SSSR count). The highest BCUT2D eigenvalue weighted by Crippen LogP contribution is 2.50. The summed E-state index contributed by atoms with van der Waals surface area (Å²) in [4.78, 5) is 22.3. The summed E-state index contributed by atoms with van der Waals surface area (Å²) >= 11 is 0. The molecule has 5 nitrogen and oxygen atoms in total. The van der Waals surface area contributed by atoms with Gasteiger partial charge in [0.05, 0.1) is 18.7 Å². The first-order valence-electron chi connectivity index (χ1n) is 8.57. The number of carbonyl (C=O) groups excluding carboxylic acids is 2. The number of carbonyl (C=O) groups is 2. The summed E-state index contributed by atoms with van der Waals surface area (Å²) in [6.45, 7) is 0.450. The molecule has 0 unspecified atom stereocenters. The van der Waals surface area contributed by atoms with Gasteiger partial charge >= 0.3 is 5.97 Å². The number of allylic oxidation sites excluding steroid dienone is 2. The van der Waals surface area contributed by atoms with Crippen LogP contribution in [0.5, 0.6) is 5.75 Å². The summed E-state index contributed by atoms with van der Waals surface area (Å²) in [5.41, 5.74) is 3.86. The predicted octanol–water partition coefficient (Wildman–Crippen LogP) is 3.83. The van der Waals surface area contributed by atoms with E-state index >= 15 is 0 Å². The molecular weight excluding hydrogens is 330 g/mol. The molecule has 3 atom stereocenters. The lowest BCUT2D eigenvalue weighted by Crippen LogP contribution is -2.29. The molecule has 0 radical (unpaired) electrons. The summed E-state index contributed by atoms with van der Waals surface area (Å²) in [5, 5.41) is 3.62. The Balaban J connectivity index is 1.67. The second-order valence-electron chi connectivity index (χ2n) is 6.55. The third kappa shape index (κ3) is 2.75. The maximum atomic E-state index is 11.6. The van der Waals surface area contributed by atoms with Crippen molar-refractivity contribution >= 4 is 18.1 Å². The lowest BCUT2D eigenvalue weighted by atomic mass is 9.77. The van der Waals surface area contributed by atoms with Gasteiger partial charge in [0.25, 0.3) is 6.47 Å². The van der Waals surface area contributed by atoms with Crippen LogP contribution in [-0.2, 0) is 9.53 Å². The van der Waals surface area contributed by atoms with Gasteiger partial charge in [0, 0.05) is 11.6 Å². The van der Waals surface area contributed by atoms with Gasteiger partial charge in [0.1, 0.15) is 5.75 Å². The zero-order chi connectivity index (χ0) is 18.1. The molecule has 5 heteroatoms. The van der Waals surface area contributed by atoms with Crippen LogP contribution in [0.3, 0.4) is 0 Å². The van der Waals surface area contributed by atoms with Crippen molar-refractivity contribution in [2.24, 2.45) is 5.92 Å².